The van der Waals surface area contributed by atoms with E-state index >= 15 is 0 Å². The number of carboxylic acid groups (broad SMARTS) is 1. The molecule has 2 fully saturated rings. The second kappa shape index (κ2) is 9.96. The van der Waals surface area contributed by atoms with E-state index in [0.717, 1.165) is 43.4 Å². The van der Waals surface area contributed by atoms with Gasteiger partial charge in [0.15, 0.2) is 0 Å². The molecule has 0 bridgehead atoms. The first-order valence-corrected chi connectivity index (χ1v) is 11.5. The molecular weight excluding hydrogens is 456 g/mol. The lowest BCUT2D eigenvalue weighted by molar-refractivity contribution is 0.0284. The molecular formula is C24H26Cl2FNO4. The van der Waals surface area contributed by atoms with E-state index in [1.54, 1.807) is 13.2 Å². The first-order valence-electron chi connectivity index (χ1n) is 10.8. The molecule has 0 unspecified atom stereocenters. The topological polar surface area (TPSA) is 59.0 Å². The van der Waals surface area contributed by atoms with Crippen molar-refractivity contribution in [2.75, 3.05) is 26.8 Å². The Morgan fingerprint density at radius 3 is 2.53 bits per heavy atom. The third-order valence-electron chi connectivity index (χ3n) is 6.09. The summed E-state index contributed by atoms with van der Waals surface area (Å²) in [5.41, 5.74) is 1.46. The third kappa shape index (κ3) is 5.37. The largest absolute Gasteiger partial charge is 0.489 e. The zero-order valence-corrected chi connectivity index (χ0v) is 19.3. The minimum atomic E-state index is -1.26. The van der Waals surface area contributed by atoms with Gasteiger partial charge in [0.1, 0.15) is 17.7 Å². The molecule has 0 amide bonds. The van der Waals surface area contributed by atoms with Crippen LogP contribution in [0.5, 0.6) is 5.75 Å². The van der Waals surface area contributed by atoms with Gasteiger partial charge in [0.05, 0.1) is 18.2 Å². The molecule has 1 heterocycles. The molecule has 2 aromatic rings. The van der Waals surface area contributed by atoms with Crippen LogP contribution in [0.3, 0.4) is 0 Å². The third-order valence-corrected chi connectivity index (χ3v) is 6.52. The Hall–Kier alpha value is -1.86. The van der Waals surface area contributed by atoms with Gasteiger partial charge < -0.3 is 14.6 Å². The number of benzene rings is 2. The number of carbonyl (C=O) groups is 1. The van der Waals surface area contributed by atoms with Crippen molar-refractivity contribution in [1.82, 2.24) is 4.90 Å². The zero-order chi connectivity index (χ0) is 22.8. The quantitative estimate of drug-likeness (QED) is 0.505. The summed E-state index contributed by atoms with van der Waals surface area (Å²) in [5.74, 6) is -1.34. The lowest BCUT2D eigenvalue weighted by Crippen LogP contribution is -2.44. The molecule has 1 aliphatic heterocycles. The first kappa shape index (κ1) is 23.3. The Kier molecular flexibility index (Phi) is 7.25. The SMILES string of the molecule is COC[C@@H](c1cc(Cl)cc(Cl)c1)N1CCC[C@@H](Oc2cc(F)c(C(=O)O)cc2C2CC2)C1. The van der Waals surface area contributed by atoms with Gasteiger partial charge in [-0.25, -0.2) is 9.18 Å². The van der Waals surface area contributed by atoms with E-state index in [2.05, 4.69) is 4.90 Å². The highest BCUT2D eigenvalue weighted by Crippen LogP contribution is 2.45. The van der Waals surface area contributed by atoms with Crippen LogP contribution in [-0.2, 0) is 4.74 Å². The number of halogens is 3. The molecule has 5 nitrogen and oxygen atoms in total. The molecule has 172 valence electrons. The Morgan fingerprint density at radius 2 is 1.91 bits per heavy atom. The van der Waals surface area contributed by atoms with Crippen molar-refractivity contribution in [3.05, 3.63) is 62.9 Å². The predicted molar refractivity (Wildman–Crippen MR) is 122 cm³/mol. The highest BCUT2D eigenvalue weighted by atomic mass is 35.5. The van der Waals surface area contributed by atoms with Gasteiger partial charge in [0.25, 0.3) is 0 Å². The van der Waals surface area contributed by atoms with Crippen molar-refractivity contribution >= 4 is 29.2 Å². The summed E-state index contributed by atoms with van der Waals surface area (Å²) in [6, 6.07) is 8.12. The molecule has 1 aliphatic carbocycles. The molecule has 1 saturated heterocycles. The van der Waals surface area contributed by atoms with Crippen molar-refractivity contribution in [2.24, 2.45) is 0 Å². The first-order chi connectivity index (χ1) is 15.4. The fraction of sp³-hybridized carbons (Fsp3) is 0.458. The smallest absolute Gasteiger partial charge is 0.338 e. The maximum absolute atomic E-state index is 14.4. The lowest BCUT2D eigenvalue weighted by atomic mass is 10.0. The molecule has 2 atom stereocenters. The molecule has 2 aliphatic rings. The number of likely N-dealkylation sites (tertiary alicyclic amines) is 1. The van der Waals surface area contributed by atoms with Crippen molar-refractivity contribution in [1.29, 1.82) is 0 Å². The number of hydrogen-bond donors (Lipinski definition) is 1. The van der Waals surface area contributed by atoms with Gasteiger partial charge in [0.2, 0.25) is 0 Å². The van der Waals surface area contributed by atoms with E-state index in [1.165, 1.54) is 12.1 Å². The van der Waals surface area contributed by atoms with Crippen LogP contribution in [0.25, 0.3) is 0 Å². The number of aromatic carboxylic acids is 1. The van der Waals surface area contributed by atoms with Gasteiger partial charge in [0, 0.05) is 29.8 Å². The van der Waals surface area contributed by atoms with Gasteiger partial charge in [-0.1, -0.05) is 23.2 Å². The Morgan fingerprint density at radius 1 is 1.19 bits per heavy atom. The molecule has 32 heavy (non-hydrogen) atoms. The number of ether oxygens (including phenoxy) is 2. The van der Waals surface area contributed by atoms with E-state index < -0.39 is 11.8 Å². The average molecular weight is 482 g/mol. The molecule has 2 aromatic carbocycles. The number of nitrogens with zero attached hydrogens (tertiary/aromatic N) is 1. The summed E-state index contributed by atoms with van der Waals surface area (Å²) in [6.07, 6.45) is 3.52. The number of rotatable bonds is 8. The average Bonchev–Trinajstić information content (AvgIpc) is 3.56. The van der Waals surface area contributed by atoms with E-state index in [9.17, 15) is 14.3 Å². The van der Waals surface area contributed by atoms with Crippen LogP contribution in [-0.4, -0.2) is 48.9 Å². The molecule has 0 radical (unpaired) electrons. The number of piperidine rings is 1. The van der Waals surface area contributed by atoms with Gasteiger partial charge >= 0.3 is 5.97 Å². The normalized spacial score (nSPS) is 20.2. The second-order valence-corrected chi connectivity index (χ2v) is 9.37. The van der Waals surface area contributed by atoms with Crippen molar-refractivity contribution in [3.8, 4) is 5.75 Å². The lowest BCUT2D eigenvalue weighted by Gasteiger charge is -2.38. The van der Waals surface area contributed by atoms with Crippen LogP contribution < -0.4 is 4.74 Å². The molecule has 4 rings (SSSR count). The van der Waals surface area contributed by atoms with Crippen LogP contribution >= 0.6 is 23.2 Å². The van der Waals surface area contributed by atoms with Gasteiger partial charge in [-0.3, -0.25) is 4.90 Å². The van der Waals surface area contributed by atoms with E-state index in [0.29, 0.717) is 28.9 Å². The Labute approximate surface area is 197 Å². The maximum atomic E-state index is 14.4. The number of methoxy groups -OCH3 is 1. The standard InChI is InChI=1S/C24H26Cl2FNO4/c1-31-13-22(15-7-16(25)9-17(26)8-15)28-6-2-3-18(12-28)32-23-11-21(27)20(24(29)30)10-19(23)14-4-5-14/h7-11,14,18,22H,2-6,12-13H2,1H3,(H,29,30)/t18-,22+/m1/s1. The van der Waals surface area contributed by atoms with Gasteiger partial charge in [-0.05, 0) is 73.5 Å². The highest BCUT2D eigenvalue weighted by Gasteiger charge is 2.32. The maximum Gasteiger partial charge on any atom is 0.338 e. The van der Waals surface area contributed by atoms with Crippen LogP contribution in [0.1, 0.15) is 59.1 Å². The predicted octanol–water partition coefficient (Wildman–Crippen LogP) is 5.94. The van der Waals surface area contributed by atoms with Crippen LogP contribution in [0.4, 0.5) is 4.39 Å². The number of carboxylic acids is 1. The number of hydrogen-bond acceptors (Lipinski definition) is 4. The Bertz CT molecular complexity index is 978. The second-order valence-electron chi connectivity index (χ2n) is 8.50. The van der Waals surface area contributed by atoms with Crippen LogP contribution in [0.2, 0.25) is 10.0 Å². The molecule has 8 heteroatoms. The molecule has 1 saturated carbocycles. The van der Waals surface area contributed by atoms with E-state index in [-0.39, 0.29) is 23.6 Å². The summed E-state index contributed by atoms with van der Waals surface area (Å²) in [5, 5.41) is 10.4. The van der Waals surface area contributed by atoms with Crippen molar-refractivity contribution in [3.63, 3.8) is 0 Å². The summed E-state index contributed by atoms with van der Waals surface area (Å²) in [7, 11) is 1.66. The molecule has 1 N–H and O–H groups in total. The van der Waals surface area contributed by atoms with E-state index in [4.69, 9.17) is 32.7 Å². The van der Waals surface area contributed by atoms with Crippen molar-refractivity contribution < 1.29 is 23.8 Å². The minimum Gasteiger partial charge on any atom is -0.489 e. The molecule has 0 aromatic heterocycles. The summed E-state index contributed by atoms with van der Waals surface area (Å²) in [4.78, 5) is 13.6. The zero-order valence-electron chi connectivity index (χ0n) is 17.8. The summed E-state index contributed by atoms with van der Waals surface area (Å²) in [6.45, 7) is 1.96. The molecule has 0 spiro atoms. The van der Waals surface area contributed by atoms with Crippen molar-refractivity contribution in [2.45, 2.75) is 43.7 Å². The minimum absolute atomic E-state index is 0.0448. The van der Waals surface area contributed by atoms with Gasteiger partial charge in [-0.2, -0.15) is 0 Å². The van der Waals surface area contributed by atoms with E-state index in [1.807, 2.05) is 12.1 Å². The van der Waals surface area contributed by atoms with Crippen LogP contribution in [0, 0.1) is 5.82 Å². The fourth-order valence-corrected chi connectivity index (χ4v) is 4.96. The van der Waals surface area contributed by atoms with Crippen LogP contribution in [0.15, 0.2) is 30.3 Å². The Balaban J connectivity index is 1.55. The summed E-state index contributed by atoms with van der Waals surface area (Å²) < 4.78 is 26.2. The monoisotopic (exact) mass is 481 g/mol. The highest BCUT2D eigenvalue weighted by molar-refractivity contribution is 6.34. The van der Waals surface area contributed by atoms with Gasteiger partial charge in [-0.15, -0.1) is 0 Å². The fourth-order valence-electron chi connectivity index (χ4n) is 4.41. The summed E-state index contributed by atoms with van der Waals surface area (Å²) >= 11 is 12.5.